The molecule has 1 N–H and O–H groups in total. The Morgan fingerprint density at radius 3 is 2.52 bits per heavy atom. The lowest BCUT2D eigenvalue weighted by Gasteiger charge is -2.22. The van der Waals surface area contributed by atoms with Crippen LogP contribution in [0.3, 0.4) is 0 Å². The molecule has 1 amide bonds. The van der Waals surface area contributed by atoms with Crippen molar-refractivity contribution in [1.82, 2.24) is 19.6 Å². The van der Waals surface area contributed by atoms with Gasteiger partial charge in [-0.1, -0.05) is 82.7 Å². The van der Waals surface area contributed by atoms with Crippen LogP contribution in [0, 0.1) is 13.8 Å². The van der Waals surface area contributed by atoms with E-state index in [2.05, 4.69) is 15.2 Å². The lowest BCUT2D eigenvalue weighted by atomic mass is 9.96. The van der Waals surface area contributed by atoms with E-state index in [0.29, 0.717) is 37.7 Å². The van der Waals surface area contributed by atoms with Gasteiger partial charge in [-0.25, -0.2) is 4.98 Å². The molecule has 1 aliphatic rings. The van der Waals surface area contributed by atoms with Crippen LogP contribution in [0.2, 0.25) is 5.02 Å². The van der Waals surface area contributed by atoms with E-state index in [4.69, 9.17) is 11.6 Å². The number of fused-ring (bicyclic) bond motifs is 1. The number of carbonyl (C=O) groups excluding carboxylic acids is 2. The van der Waals surface area contributed by atoms with Crippen LogP contribution in [0.4, 0.5) is 5.13 Å². The first-order valence-electron chi connectivity index (χ1n) is 12.3. The van der Waals surface area contributed by atoms with Gasteiger partial charge >= 0.3 is 5.91 Å². The molecule has 1 aliphatic heterocycles. The highest BCUT2D eigenvalue weighted by atomic mass is 35.5. The van der Waals surface area contributed by atoms with Gasteiger partial charge in [-0.3, -0.25) is 18.9 Å². The lowest BCUT2D eigenvalue weighted by molar-refractivity contribution is -0.132. The van der Waals surface area contributed by atoms with Crippen LogP contribution >= 0.6 is 34.7 Å². The number of aliphatic hydroxyl groups is 1. The number of imidazole rings is 1. The van der Waals surface area contributed by atoms with E-state index in [1.54, 1.807) is 17.5 Å². The summed E-state index contributed by atoms with van der Waals surface area (Å²) in [7, 11) is 0. The number of nitrogens with zero attached hydrogens (tertiary/aromatic N) is 5. The number of hydrogen-bond donors (Lipinski definition) is 1. The Kier molecular flexibility index (Phi) is 6.91. The summed E-state index contributed by atoms with van der Waals surface area (Å²) in [5.41, 5.74) is 4.26. The first-order chi connectivity index (χ1) is 19.3. The number of carbonyl (C=O) groups is 2. The summed E-state index contributed by atoms with van der Waals surface area (Å²) in [6, 6.07) is 19.6. The molecule has 4 heterocycles. The molecule has 1 saturated heterocycles. The predicted octanol–water partition coefficient (Wildman–Crippen LogP) is 6.37. The number of Topliss-reactive ketones (excluding diaryl/α,β-unsaturated/α-hetero) is 1. The van der Waals surface area contributed by atoms with Crippen LogP contribution in [0.1, 0.15) is 34.1 Å². The number of aryl methyl sites for hydroxylation is 2. The number of halogens is 1. The zero-order chi connectivity index (χ0) is 28.0. The zero-order valence-corrected chi connectivity index (χ0v) is 23.8. The molecule has 5 aromatic rings. The van der Waals surface area contributed by atoms with Crippen LogP contribution in [0.25, 0.3) is 11.4 Å². The van der Waals surface area contributed by atoms with Gasteiger partial charge < -0.3 is 5.11 Å². The molecule has 0 spiro atoms. The second kappa shape index (κ2) is 10.5. The van der Waals surface area contributed by atoms with Crippen LogP contribution in [0.5, 0.6) is 0 Å². The highest BCUT2D eigenvalue weighted by molar-refractivity contribution is 8.00. The monoisotopic (exact) mass is 587 g/mol. The van der Waals surface area contributed by atoms with Crippen LogP contribution < -0.4 is 4.90 Å². The Balaban J connectivity index is 1.43. The molecule has 40 heavy (non-hydrogen) atoms. The van der Waals surface area contributed by atoms with E-state index in [9.17, 15) is 14.7 Å². The number of pyridine rings is 1. The van der Waals surface area contributed by atoms with Gasteiger partial charge in [0.2, 0.25) is 5.13 Å². The van der Waals surface area contributed by atoms with Crippen LogP contribution in [0.15, 0.2) is 82.8 Å². The summed E-state index contributed by atoms with van der Waals surface area (Å²) in [5, 5.41) is 21.1. The molecule has 1 unspecified atom stereocenters. The normalized spacial score (nSPS) is 16.8. The fourth-order valence-electron chi connectivity index (χ4n) is 4.70. The minimum atomic E-state index is -0.892. The first kappa shape index (κ1) is 26.2. The van der Waals surface area contributed by atoms with Crippen molar-refractivity contribution in [3.63, 3.8) is 0 Å². The van der Waals surface area contributed by atoms with E-state index >= 15 is 0 Å². The van der Waals surface area contributed by atoms with Crippen LogP contribution in [-0.4, -0.2) is 36.4 Å². The highest BCUT2D eigenvalue weighted by Gasteiger charge is 2.48. The lowest BCUT2D eigenvalue weighted by Crippen LogP contribution is -2.29. The number of anilines is 1. The van der Waals surface area contributed by atoms with Gasteiger partial charge in [0, 0.05) is 17.0 Å². The summed E-state index contributed by atoms with van der Waals surface area (Å²) < 4.78 is 2.35. The van der Waals surface area contributed by atoms with Crippen molar-refractivity contribution in [3.8, 4) is 0 Å². The first-order valence-corrected chi connectivity index (χ1v) is 14.5. The summed E-state index contributed by atoms with van der Waals surface area (Å²) in [6.07, 6.45) is 1.76. The number of benzene rings is 2. The second-order valence-electron chi connectivity index (χ2n) is 9.32. The van der Waals surface area contributed by atoms with Gasteiger partial charge in [0.05, 0.1) is 17.3 Å². The van der Waals surface area contributed by atoms with Crippen LogP contribution in [-0.2, 0) is 15.3 Å². The molecule has 0 saturated carbocycles. The fraction of sp³-hybridized carbons (Fsp3) is 0.138. The molecular formula is C29H22ClN5O3S2. The van der Waals surface area contributed by atoms with Gasteiger partial charge in [0.15, 0.2) is 10.1 Å². The Morgan fingerprint density at radius 1 is 1.02 bits per heavy atom. The molecule has 8 nitrogen and oxygen atoms in total. The highest BCUT2D eigenvalue weighted by Crippen LogP contribution is 2.44. The summed E-state index contributed by atoms with van der Waals surface area (Å²) >= 11 is 8.69. The van der Waals surface area contributed by atoms with Crippen molar-refractivity contribution in [2.45, 2.75) is 30.0 Å². The molecule has 2 aromatic carbocycles. The van der Waals surface area contributed by atoms with Crippen molar-refractivity contribution in [3.05, 3.63) is 112 Å². The molecule has 11 heteroatoms. The minimum Gasteiger partial charge on any atom is -0.505 e. The Labute approximate surface area is 243 Å². The maximum absolute atomic E-state index is 13.6. The van der Waals surface area contributed by atoms with Crippen molar-refractivity contribution in [2.75, 3.05) is 4.90 Å². The Bertz CT molecular complexity index is 1790. The van der Waals surface area contributed by atoms with Crippen molar-refractivity contribution in [2.24, 2.45) is 0 Å². The second-order valence-corrected chi connectivity index (χ2v) is 11.9. The number of rotatable bonds is 6. The zero-order valence-electron chi connectivity index (χ0n) is 21.4. The number of aliphatic hydroxyl groups excluding tert-OH is 1. The van der Waals surface area contributed by atoms with Gasteiger partial charge in [0.1, 0.15) is 11.3 Å². The van der Waals surface area contributed by atoms with Gasteiger partial charge in [0.25, 0.3) is 5.78 Å². The molecule has 0 aliphatic carbocycles. The molecular weight excluding hydrogens is 566 g/mol. The fourth-order valence-corrected chi connectivity index (χ4v) is 6.65. The third-order valence-electron chi connectivity index (χ3n) is 6.64. The maximum atomic E-state index is 13.6. The number of ketones is 1. The van der Waals surface area contributed by atoms with Crippen molar-refractivity contribution < 1.29 is 14.7 Å². The van der Waals surface area contributed by atoms with E-state index in [1.807, 2.05) is 73.7 Å². The van der Waals surface area contributed by atoms with E-state index < -0.39 is 17.7 Å². The third-order valence-corrected chi connectivity index (χ3v) is 9.02. The van der Waals surface area contributed by atoms with E-state index in [0.717, 1.165) is 11.1 Å². The summed E-state index contributed by atoms with van der Waals surface area (Å²) in [6.45, 7) is 3.71. The summed E-state index contributed by atoms with van der Waals surface area (Å²) in [4.78, 5) is 33.0. The maximum Gasteiger partial charge on any atom is 0.301 e. The SMILES string of the molecule is Cc1ccc(C2C(=C(O)c3c(C)nc4ccccn34)C(=O)C(=O)N2c2nnc(SCc3ccc(Cl)cc3)s2)cc1. The minimum absolute atomic E-state index is 0.0202. The molecule has 3 aromatic heterocycles. The standard InChI is InChI=1S/C29H22ClN5O3S2/c1-16-6-10-19(11-7-16)24-22(25(36)23-17(2)31-21-5-3-4-14-34(21)23)26(37)27(38)35(24)28-32-33-29(40-28)39-15-18-8-12-20(30)13-9-18/h3-14,24,36H,15H2,1-2H3. The molecule has 0 radical (unpaired) electrons. The Morgan fingerprint density at radius 2 is 1.77 bits per heavy atom. The Hall–Kier alpha value is -3.99. The largest absolute Gasteiger partial charge is 0.505 e. The summed E-state index contributed by atoms with van der Waals surface area (Å²) in [5.74, 6) is -1.22. The average molecular weight is 588 g/mol. The number of amides is 1. The van der Waals surface area contributed by atoms with E-state index in [1.165, 1.54) is 28.0 Å². The van der Waals surface area contributed by atoms with Gasteiger partial charge in [-0.2, -0.15) is 0 Å². The third kappa shape index (κ3) is 4.68. The average Bonchev–Trinajstić information content (AvgIpc) is 3.62. The molecule has 6 rings (SSSR count). The van der Waals surface area contributed by atoms with Crippen molar-refractivity contribution >= 4 is 62.9 Å². The van der Waals surface area contributed by atoms with Gasteiger partial charge in [-0.05, 0) is 49.2 Å². The quantitative estimate of drug-likeness (QED) is 0.0809. The number of aromatic nitrogens is 4. The molecule has 200 valence electrons. The molecule has 0 bridgehead atoms. The van der Waals surface area contributed by atoms with Crippen molar-refractivity contribution in [1.29, 1.82) is 0 Å². The number of hydrogen-bond acceptors (Lipinski definition) is 8. The molecule has 1 fully saturated rings. The topological polar surface area (TPSA) is 101 Å². The van der Waals surface area contributed by atoms with E-state index in [-0.39, 0.29) is 16.5 Å². The van der Waals surface area contributed by atoms with Gasteiger partial charge in [-0.15, -0.1) is 10.2 Å². The number of thioether (sulfide) groups is 1. The smallest absolute Gasteiger partial charge is 0.301 e. The molecule has 1 atom stereocenters. The predicted molar refractivity (Wildman–Crippen MR) is 157 cm³/mol.